The number of hydrogen-bond acceptors (Lipinski definition) is 5. The quantitative estimate of drug-likeness (QED) is 0.286. The predicted molar refractivity (Wildman–Crippen MR) is 95.4 cm³/mol. The van der Waals surface area contributed by atoms with Gasteiger partial charge < -0.3 is 25.3 Å². The summed E-state index contributed by atoms with van der Waals surface area (Å²) in [6.07, 6.45) is 0.796. The summed E-state index contributed by atoms with van der Waals surface area (Å²) in [5.41, 5.74) is 0.0506. The standard InChI is InChI=1S/C16H29N5O4/c1-19(2)13(14(23)17-8-7-9-21(4,5)6)15(24)18-11-10-12(22)20(3)16(11)25/h10,13H,7-9H2,1-6H3,(H3-,17,18,22,23,24,25)/p+1. The summed E-state index contributed by atoms with van der Waals surface area (Å²) in [4.78, 5) is 26.3. The molecule has 1 aromatic rings. The van der Waals surface area contributed by atoms with Crippen molar-refractivity contribution in [2.24, 2.45) is 7.05 Å². The second kappa shape index (κ2) is 8.21. The Kier molecular flexibility index (Phi) is 6.83. The molecule has 1 rings (SSSR count). The number of likely N-dealkylation sites (N-methyl/N-ethyl adjacent to an activating group) is 1. The molecular weight excluding hydrogens is 326 g/mol. The van der Waals surface area contributed by atoms with Crippen LogP contribution in [-0.2, 0) is 16.6 Å². The molecule has 0 radical (unpaired) electrons. The minimum absolute atomic E-state index is 0.0506. The molecule has 0 spiro atoms. The monoisotopic (exact) mass is 356 g/mol. The second-order valence-corrected chi connectivity index (χ2v) is 7.31. The van der Waals surface area contributed by atoms with E-state index >= 15 is 0 Å². The SMILES string of the molecule is CN(C)C(C(=O)NCCC[N+](C)(C)C)C(=O)Nc1cc(O)n(C)c1O. The zero-order chi connectivity index (χ0) is 19.4. The lowest BCUT2D eigenvalue weighted by molar-refractivity contribution is -0.870. The zero-order valence-corrected chi connectivity index (χ0v) is 15.8. The maximum Gasteiger partial charge on any atom is 0.251 e. The third-order valence-electron chi connectivity index (χ3n) is 3.75. The van der Waals surface area contributed by atoms with Crippen LogP contribution in [0.1, 0.15) is 6.42 Å². The number of hydrogen-bond donors (Lipinski definition) is 4. The molecule has 1 aromatic heterocycles. The zero-order valence-electron chi connectivity index (χ0n) is 15.8. The molecule has 0 aromatic carbocycles. The molecule has 9 nitrogen and oxygen atoms in total. The van der Waals surface area contributed by atoms with E-state index < -0.39 is 17.9 Å². The fourth-order valence-corrected chi connectivity index (χ4v) is 2.32. The maximum atomic E-state index is 12.4. The normalized spacial score (nSPS) is 12.9. The largest absolute Gasteiger partial charge is 0.494 e. The maximum absolute atomic E-state index is 12.4. The van der Waals surface area contributed by atoms with Crippen molar-refractivity contribution in [1.82, 2.24) is 14.8 Å². The van der Waals surface area contributed by atoms with E-state index in [0.29, 0.717) is 6.54 Å². The van der Waals surface area contributed by atoms with E-state index in [1.807, 2.05) is 0 Å². The van der Waals surface area contributed by atoms with E-state index in [1.54, 1.807) is 14.1 Å². The van der Waals surface area contributed by atoms with Gasteiger partial charge in [-0.3, -0.25) is 19.1 Å². The van der Waals surface area contributed by atoms with Crippen LogP contribution in [0.15, 0.2) is 6.07 Å². The van der Waals surface area contributed by atoms with Gasteiger partial charge in [-0.1, -0.05) is 0 Å². The topological polar surface area (TPSA) is 107 Å². The van der Waals surface area contributed by atoms with Crippen LogP contribution in [0, 0.1) is 0 Å². The molecule has 0 aliphatic heterocycles. The van der Waals surface area contributed by atoms with Gasteiger partial charge in [-0.2, -0.15) is 0 Å². The highest BCUT2D eigenvalue weighted by Crippen LogP contribution is 2.30. The van der Waals surface area contributed by atoms with Crippen LogP contribution < -0.4 is 10.6 Å². The Morgan fingerprint density at radius 3 is 2.28 bits per heavy atom. The lowest BCUT2D eigenvalue weighted by Gasteiger charge is -2.25. The van der Waals surface area contributed by atoms with Crippen molar-refractivity contribution >= 4 is 17.5 Å². The molecule has 2 amide bonds. The number of aromatic nitrogens is 1. The Morgan fingerprint density at radius 1 is 1.24 bits per heavy atom. The van der Waals surface area contributed by atoms with E-state index in [2.05, 4.69) is 31.8 Å². The van der Waals surface area contributed by atoms with Crippen molar-refractivity contribution in [3.8, 4) is 11.8 Å². The number of nitrogens with zero attached hydrogens (tertiary/aromatic N) is 3. The fraction of sp³-hybridized carbons (Fsp3) is 0.625. The first kappa shape index (κ1) is 20.8. The van der Waals surface area contributed by atoms with Gasteiger partial charge in [-0.05, 0) is 14.1 Å². The molecule has 0 saturated carbocycles. The Bertz CT molecular complexity index is 619. The van der Waals surface area contributed by atoms with Crippen molar-refractivity contribution < 1.29 is 24.3 Å². The molecule has 0 aliphatic rings. The summed E-state index contributed by atoms with van der Waals surface area (Å²) in [7, 11) is 10.9. The highest BCUT2D eigenvalue weighted by atomic mass is 16.3. The van der Waals surface area contributed by atoms with Gasteiger partial charge in [0.25, 0.3) is 5.91 Å². The van der Waals surface area contributed by atoms with Crippen molar-refractivity contribution in [3.63, 3.8) is 0 Å². The van der Waals surface area contributed by atoms with Crippen LogP contribution in [0.3, 0.4) is 0 Å². The predicted octanol–water partition coefficient (Wildman–Crippen LogP) is -0.482. The first-order valence-corrected chi connectivity index (χ1v) is 8.07. The second-order valence-electron chi connectivity index (χ2n) is 7.31. The average molecular weight is 356 g/mol. The molecule has 0 aliphatic carbocycles. The Hall–Kier alpha value is -2.26. The van der Waals surface area contributed by atoms with Crippen LogP contribution in [0.5, 0.6) is 11.8 Å². The Labute approximate surface area is 148 Å². The molecule has 1 atom stereocenters. The molecule has 4 N–H and O–H groups in total. The lowest BCUT2D eigenvalue weighted by atomic mass is 10.2. The highest BCUT2D eigenvalue weighted by molar-refractivity contribution is 6.10. The van der Waals surface area contributed by atoms with Gasteiger partial charge in [-0.15, -0.1) is 0 Å². The van der Waals surface area contributed by atoms with E-state index in [-0.39, 0.29) is 17.4 Å². The molecule has 1 heterocycles. The minimum atomic E-state index is -1.05. The Balaban J connectivity index is 2.70. The summed E-state index contributed by atoms with van der Waals surface area (Å²) < 4.78 is 1.91. The van der Waals surface area contributed by atoms with Gasteiger partial charge in [0.05, 0.1) is 27.7 Å². The highest BCUT2D eigenvalue weighted by Gasteiger charge is 2.30. The van der Waals surface area contributed by atoms with Crippen molar-refractivity contribution in [3.05, 3.63) is 6.07 Å². The number of aromatic hydroxyl groups is 2. The third kappa shape index (κ3) is 5.95. The summed E-state index contributed by atoms with van der Waals surface area (Å²) >= 11 is 0. The molecule has 0 bridgehead atoms. The first-order valence-electron chi connectivity index (χ1n) is 8.07. The first-order chi connectivity index (χ1) is 11.4. The molecule has 9 heteroatoms. The van der Waals surface area contributed by atoms with Crippen molar-refractivity contribution in [2.75, 3.05) is 53.6 Å². The minimum Gasteiger partial charge on any atom is -0.494 e. The van der Waals surface area contributed by atoms with Gasteiger partial charge in [0.15, 0.2) is 11.9 Å². The molecule has 0 fully saturated rings. The van der Waals surface area contributed by atoms with E-state index in [4.69, 9.17) is 0 Å². The summed E-state index contributed by atoms with van der Waals surface area (Å²) in [5, 5.41) is 24.6. The van der Waals surface area contributed by atoms with Crippen LogP contribution >= 0.6 is 0 Å². The van der Waals surface area contributed by atoms with Gasteiger partial charge in [0, 0.05) is 26.1 Å². The lowest BCUT2D eigenvalue weighted by Crippen LogP contribution is -2.51. The number of anilines is 1. The third-order valence-corrected chi connectivity index (χ3v) is 3.75. The number of carbonyl (C=O) groups is 2. The van der Waals surface area contributed by atoms with Gasteiger partial charge >= 0.3 is 0 Å². The Morgan fingerprint density at radius 2 is 1.84 bits per heavy atom. The molecule has 25 heavy (non-hydrogen) atoms. The number of quaternary nitrogens is 1. The molecule has 142 valence electrons. The van der Waals surface area contributed by atoms with E-state index in [0.717, 1.165) is 22.0 Å². The van der Waals surface area contributed by atoms with Crippen LogP contribution in [0.2, 0.25) is 0 Å². The molecular formula is C16H30N5O4+. The number of rotatable bonds is 8. The van der Waals surface area contributed by atoms with Gasteiger partial charge in [-0.25, -0.2) is 0 Å². The smallest absolute Gasteiger partial charge is 0.251 e. The average Bonchev–Trinajstić information content (AvgIpc) is 2.70. The summed E-state index contributed by atoms with van der Waals surface area (Å²) in [6.45, 7) is 1.37. The van der Waals surface area contributed by atoms with Crippen molar-refractivity contribution in [1.29, 1.82) is 0 Å². The number of amides is 2. The molecule has 1 unspecified atom stereocenters. The van der Waals surface area contributed by atoms with Crippen molar-refractivity contribution in [2.45, 2.75) is 12.5 Å². The van der Waals surface area contributed by atoms with Gasteiger partial charge in [0.2, 0.25) is 11.8 Å². The number of carbonyl (C=O) groups excluding carboxylic acids is 2. The van der Waals surface area contributed by atoms with Crippen LogP contribution in [0.4, 0.5) is 5.69 Å². The molecule has 0 saturated heterocycles. The number of nitrogens with one attached hydrogen (secondary N) is 2. The van der Waals surface area contributed by atoms with E-state index in [9.17, 15) is 19.8 Å². The summed E-state index contributed by atoms with van der Waals surface area (Å²) in [6, 6.07) is 0.171. The van der Waals surface area contributed by atoms with Crippen LogP contribution in [0.25, 0.3) is 0 Å². The van der Waals surface area contributed by atoms with E-state index in [1.165, 1.54) is 18.0 Å². The fourth-order valence-electron chi connectivity index (χ4n) is 2.32. The van der Waals surface area contributed by atoms with Gasteiger partial charge in [0.1, 0.15) is 5.69 Å². The van der Waals surface area contributed by atoms with Crippen LogP contribution in [-0.4, -0.2) is 90.3 Å². The summed E-state index contributed by atoms with van der Waals surface area (Å²) in [5.74, 6) is -1.48.